The Labute approximate surface area is 329 Å². The minimum Gasteiger partial charge on any atom is -0.462 e. The van der Waals surface area contributed by atoms with E-state index in [0.717, 1.165) is 64.2 Å². The summed E-state index contributed by atoms with van der Waals surface area (Å²) in [4.78, 5) is 37.4. The predicted octanol–water partition coefficient (Wildman–Crippen LogP) is 14.9. The van der Waals surface area contributed by atoms with Crippen LogP contribution in [0.3, 0.4) is 0 Å². The van der Waals surface area contributed by atoms with Crippen molar-refractivity contribution in [2.75, 3.05) is 13.2 Å². The molecule has 0 unspecified atom stereocenters. The van der Waals surface area contributed by atoms with Crippen LogP contribution in [-0.4, -0.2) is 37.2 Å². The van der Waals surface area contributed by atoms with Crippen LogP contribution < -0.4 is 0 Å². The maximum absolute atomic E-state index is 12.5. The number of carbonyl (C=O) groups is 3. The Morgan fingerprint density at radius 1 is 0.302 bits per heavy atom. The van der Waals surface area contributed by atoms with Gasteiger partial charge in [-0.2, -0.15) is 0 Å². The largest absolute Gasteiger partial charge is 0.462 e. The molecule has 0 spiro atoms. The fourth-order valence-electron chi connectivity index (χ4n) is 7.03. The van der Waals surface area contributed by atoms with Crippen molar-refractivity contribution in [2.24, 2.45) is 0 Å². The first-order valence-electron chi connectivity index (χ1n) is 23.5. The first-order valence-corrected chi connectivity index (χ1v) is 23.5. The van der Waals surface area contributed by atoms with Crippen molar-refractivity contribution in [3.8, 4) is 0 Å². The van der Waals surface area contributed by atoms with E-state index in [1.165, 1.54) is 161 Å². The molecular formula is C47H90O6. The molecule has 0 amide bonds. The van der Waals surface area contributed by atoms with Crippen LogP contribution in [0.25, 0.3) is 0 Å². The molecule has 0 fully saturated rings. The first kappa shape index (κ1) is 51.4. The van der Waals surface area contributed by atoms with E-state index in [9.17, 15) is 14.4 Å². The van der Waals surface area contributed by atoms with Gasteiger partial charge in [0, 0.05) is 19.3 Å². The van der Waals surface area contributed by atoms with Gasteiger partial charge in [0.2, 0.25) is 0 Å². The number of unbranched alkanes of at least 4 members (excludes halogenated alkanes) is 32. The van der Waals surface area contributed by atoms with E-state index in [-0.39, 0.29) is 31.1 Å². The number of hydrogen-bond acceptors (Lipinski definition) is 6. The summed E-state index contributed by atoms with van der Waals surface area (Å²) in [5.74, 6) is -0.866. The third kappa shape index (κ3) is 41.4. The third-order valence-corrected chi connectivity index (χ3v) is 10.6. The van der Waals surface area contributed by atoms with Crippen LogP contribution in [0.2, 0.25) is 0 Å². The highest BCUT2D eigenvalue weighted by Gasteiger charge is 2.19. The second-order valence-electron chi connectivity index (χ2n) is 16.0. The standard InChI is InChI=1S/C47H90O6/c1-4-7-10-13-15-17-19-20-21-22-23-24-25-26-28-30-32-35-37-40-46(49)52-43-44(53-47(50)41-38-33-12-9-6-3)42-51-45(48)39-36-34-31-29-27-18-16-14-11-8-5-2/h44H,4-43H2,1-3H3/t44-/m1/s1. The lowest BCUT2D eigenvalue weighted by molar-refractivity contribution is -0.167. The van der Waals surface area contributed by atoms with Crippen molar-refractivity contribution in [1.82, 2.24) is 0 Å². The van der Waals surface area contributed by atoms with Crippen molar-refractivity contribution in [2.45, 2.75) is 271 Å². The van der Waals surface area contributed by atoms with Crippen molar-refractivity contribution >= 4 is 17.9 Å². The zero-order valence-corrected chi connectivity index (χ0v) is 35.8. The van der Waals surface area contributed by atoms with Crippen molar-refractivity contribution in [3.63, 3.8) is 0 Å². The Bertz CT molecular complexity index is 783. The highest BCUT2D eigenvalue weighted by Crippen LogP contribution is 2.16. The SMILES string of the molecule is CCCCCCCCCCCCCCCCCCCCCC(=O)OC[C@@H](COC(=O)CCCCCCCCCCCCC)OC(=O)CCCCCCC. The van der Waals surface area contributed by atoms with Crippen molar-refractivity contribution in [1.29, 1.82) is 0 Å². The van der Waals surface area contributed by atoms with Crippen LogP contribution >= 0.6 is 0 Å². The molecule has 0 bridgehead atoms. The molecule has 0 rings (SSSR count). The van der Waals surface area contributed by atoms with Crippen LogP contribution in [0.15, 0.2) is 0 Å². The van der Waals surface area contributed by atoms with Crippen LogP contribution in [0.5, 0.6) is 0 Å². The molecule has 0 aromatic carbocycles. The van der Waals surface area contributed by atoms with E-state index in [1.54, 1.807) is 0 Å². The van der Waals surface area contributed by atoms with Crippen molar-refractivity contribution < 1.29 is 28.6 Å². The summed E-state index contributed by atoms with van der Waals surface area (Å²) < 4.78 is 16.6. The number of carbonyl (C=O) groups excluding carboxylic acids is 3. The van der Waals surface area contributed by atoms with E-state index in [2.05, 4.69) is 20.8 Å². The molecule has 1 atom stereocenters. The van der Waals surface area contributed by atoms with Crippen LogP contribution in [0.4, 0.5) is 0 Å². The molecule has 314 valence electrons. The predicted molar refractivity (Wildman–Crippen MR) is 224 cm³/mol. The zero-order valence-electron chi connectivity index (χ0n) is 35.8. The van der Waals surface area contributed by atoms with Gasteiger partial charge < -0.3 is 14.2 Å². The van der Waals surface area contributed by atoms with Gasteiger partial charge in [0.1, 0.15) is 13.2 Å². The minimum absolute atomic E-state index is 0.0642. The summed E-state index contributed by atoms with van der Waals surface area (Å²) in [7, 11) is 0. The molecule has 0 saturated heterocycles. The van der Waals surface area contributed by atoms with Gasteiger partial charge in [0.05, 0.1) is 0 Å². The number of ether oxygens (including phenoxy) is 3. The molecule has 0 aliphatic carbocycles. The summed E-state index contributed by atoms with van der Waals surface area (Å²) in [5, 5.41) is 0. The normalized spacial score (nSPS) is 11.8. The summed E-state index contributed by atoms with van der Waals surface area (Å²) >= 11 is 0. The average Bonchev–Trinajstić information content (AvgIpc) is 3.15. The fraction of sp³-hybridized carbons (Fsp3) is 0.936. The Morgan fingerprint density at radius 3 is 0.755 bits per heavy atom. The van der Waals surface area contributed by atoms with E-state index < -0.39 is 6.10 Å². The molecule has 0 aliphatic rings. The topological polar surface area (TPSA) is 78.9 Å². The molecule has 0 heterocycles. The minimum atomic E-state index is -0.756. The number of hydrogen-bond donors (Lipinski definition) is 0. The average molecular weight is 751 g/mol. The first-order chi connectivity index (χ1) is 26.0. The van der Waals surface area contributed by atoms with Crippen molar-refractivity contribution in [3.05, 3.63) is 0 Å². The van der Waals surface area contributed by atoms with E-state index >= 15 is 0 Å². The lowest BCUT2D eigenvalue weighted by Gasteiger charge is -2.18. The highest BCUT2D eigenvalue weighted by atomic mass is 16.6. The smallest absolute Gasteiger partial charge is 0.306 e. The molecule has 0 radical (unpaired) electrons. The molecular weight excluding hydrogens is 661 g/mol. The van der Waals surface area contributed by atoms with E-state index in [4.69, 9.17) is 14.2 Å². The maximum atomic E-state index is 12.5. The maximum Gasteiger partial charge on any atom is 0.306 e. The summed E-state index contributed by atoms with van der Waals surface area (Å²) in [6.07, 6.45) is 44.1. The zero-order chi connectivity index (χ0) is 38.7. The molecule has 0 N–H and O–H groups in total. The Morgan fingerprint density at radius 2 is 0.509 bits per heavy atom. The second-order valence-corrected chi connectivity index (χ2v) is 16.0. The van der Waals surface area contributed by atoms with Crippen LogP contribution in [0, 0.1) is 0 Å². The molecule has 0 aliphatic heterocycles. The summed E-state index contributed by atoms with van der Waals surface area (Å²) in [6.45, 7) is 6.57. The fourth-order valence-corrected chi connectivity index (χ4v) is 7.03. The van der Waals surface area contributed by atoms with Crippen LogP contribution in [-0.2, 0) is 28.6 Å². The van der Waals surface area contributed by atoms with Crippen LogP contribution in [0.1, 0.15) is 265 Å². The Balaban J connectivity index is 4.05. The quantitative estimate of drug-likeness (QED) is 0.0351. The monoisotopic (exact) mass is 751 g/mol. The van der Waals surface area contributed by atoms with Gasteiger partial charge in [-0.25, -0.2) is 0 Å². The molecule has 53 heavy (non-hydrogen) atoms. The second kappa shape index (κ2) is 43.1. The lowest BCUT2D eigenvalue weighted by Crippen LogP contribution is -2.30. The van der Waals surface area contributed by atoms with Gasteiger partial charge in [-0.15, -0.1) is 0 Å². The van der Waals surface area contributed by atoms with E-state index in [0.29, 0.717) is 19.3 Å². The number of esters is 3. The Kier molecular flexibility index (Phi) is 41.8. The molecule has 6 nitrogen and oxygen atoms in total. The molecule has 6 heteroatoms. The molecule has 0 saturated carbocycles. The molecule has 0 aromatic rings. The summed E-state index contributed by atoms with van der Waals surface area (Å²) in [6, 6.07) is 0. The summed E-state index contributed by atoms with van der Waals surface area (Å²) in [5.41, 5.74) is 0. The van der Waals surface area contributed by atoms with Gasteiger partial charge in [0.15, 0.2) is 6.10 Å². The Hall–Kier alpha value is -1.59. The molecule has 0 aromatic heterocycles. The number of rotatable bonds is 43. The van der Waals surface area contributed by atoms with Gasteiger partial charge in [-0.3, -0.25) is 14.4 Å². The highest BCUT2D eigenvalue weighted by molar-refractivity contribution is 5.71. The van der Waals surface area contributed by atoms with Gasteiger partial charge in [-0.05, 0) is 19.3 Å². The van der Waals surface area contributed by atoms with E-state index in [1.807, 2.05) is 0 Å². The van der Waals surface area contributed by atoms with Gasteiger partial charge in [-0.1, -0.05) is 226 Å². The third-order valence-electron chi connectivity index (χ3n) is 10.6. The lowest BCUT2D eigenvalue weighted by atomic mass is 10.0. The van der Waals surface area contributed by atoms with Gasteiger partial charge >= 0.3 is 17.9 Å². The van der Waals surface area contributed by atoms with Gasteiger partial charge in [0.25, 0.3) is 0 Å².